The molecule has 1 heterocycles. The Bertz CT molecular complexity index is 903. The van der Waals surface area contributed by atoms with E-state index in [-0.39, 0.29) is 24.4 Å². The molecule has 0 aromatic heterocycles. The first-order chi connectivity index (χ1) is 15.3. The van der Waals surface area contributed by atoms with E-state index in [0.717, 1.165) is 31.7 Å². The molecule has 2 amide bonds. The van der Waals surface area contributed by atoms with Gasteiger partial charge in [0.05, 0.1) is 18.8 Å². The lowest BCUT2D eigenvalue weighted by molar-refractivity contribution is -0.116. The fourth-order valence-corrected chi connectivity index (χ4v) is 2.78. The van der Waals surface area contributed by atoms with Gasteiger partial charge in [0.15, 0.2) is 5.71 Å². The molecule has 1 aliphatic carbocycles. The number of halogens is 2. The Balaban J connectivity index is 1.97. The molecule has 0 saturated heterocycles. The number of ether oxygens (including phenoxy) is 1. The second-order valence-electron chi connectivity index (χ2n) is 7.18. The molecule has 174 valence electrons. The monoisotopic (exact) mass is 449 g/mol. The van der Waals surface area contributed by atoms with Crippen molar-refractivity contribution in [3.63, 3.8) is 0 Å². The van der Waals surface area contributed by atoms with E-state index in [1.807, 2.05) is 7.05 Å². The summed E-state index contributed by atoms with van der Waals surface area (Å²) in [7, 11) is 2.02. The van der Waals surface area contributed by atoms with E-state index in [9.17, 15) is 18.4 Å². The number of hydrazone groups is 1. The van der Waals surface area contributed by atoms with Crippen LogP contribution in [0, 0.1) is 0 Å². The molecular formula is C22H29F2N5O3. The summed E-state index contributed by atoms with van der Waals surface area (Å²) in [4.78, 5) is 27.3. The van der Waals surface area contributed by atoms with Crippen LogP contribution in [-0.4, -0.2) is 55.7 Å². The summed E-state index contributed by atoms with van der Waals surface area (Å²) in [6.45, 7) is 6.30. The number of amides is 2. The maximum Gasteiger partial charge on any atom is 0.278 e. The van der Waals surface area contributed by atoms with Gasteiger partial charge in [-0.3, -0.25) is 9.59 Å². The molecule has 0 unspecified atom stereocenters. The average molecular weight is 450 g/mol. The van der Waals surface area contributed by atoms with Crippen LogP contribution < -0.4 is 16.1 Å². The van der Waals surface area contributed by atoms with Crippen molar-refractivity contribution < 1.29 is 23.1 Å². The van der Waals surface area contributed by atoms with Crippen LogP contribution in [0.25, 0.3) is 0 Å². The maximum absolute atomic E-state index is 14.1. The van der Waals surface area contributed by atoms with Crippen molar-refractivity contribution in [2.45, 2.75) is 26.7 Å². The van der Waals surface area contributed by atoms with Crippen molar-refractivity contribution >= 4 is 17.5 Å². The SMILES string of the molecule is CCN(C)CCCO/C=C(/C)NC(=O)C1=NNCC=C1NC(=O)C1=C(F)C=CCC=C1F. The van der Waals surface area contributed by atoms with Crippen molar-refractivity contribution in [3.05, 3.63) is 59.2 Å². The second-order valence-corrected chi connectivity index (χ2v) is 7.18. The highest BCUT2D eigenvalue weighted by atomic mass is 19.1. The molecule has 0 aromatic rings. The standard InChI is InChI=1S/C22H29F2N5O3/c1-4-29(3)12-7-13-32-14-15(2)26-22(31)20-18(10-11-25-28-20)27-21(30)19-16(23)8-5-6-9-17(19)24/h5,8-10,14,25H,4,6-7,11-13H2,1-3H3,(H,26,31)(H,27,30)/b15-14-. The lowest BCUT2D eigenvalue weighted by Crippen LogP contribution is -2.41. The quantitative estimate of drug-likeness (QED) is 0.352. The minimum absolute atomic E-state index is 0.0453. The Hall–Kier alpha value is -3.27. The zero-order chi connectivity index (χ0) is 23.5. The average Bonchev–Trinajstić information content (AvgIpc) is 2.93. The molecule has 8 nitrogen and oxygen atoms in total. The van der Waals surface area contributed by atoms with E-state index in [1.165, 1.54) is 18.4 Å². The van der Waals surface area contributed by atoms with Crippen LogP contribution >= 0.6 is 0 Å². The van der Waals surface area contributed by atoms with E-state index < -0.39 is 29.0 Å². The van der Waals surface area contributed by atoms with Crippen LogP contribution in [0.1, 0.15) is 26.7 Å². The van der Waals surface area contributed by atoms with Gasteiger partial charge in [-0.1, -0.05) is 13.0 Å². The highest BCUT2D eigenvalue weighted by Crippen LogP contribution is 2.23. The summed E-state index contributed by atoms with van der Waals surface area (Å²) in [5.74, 6) is -3.59. The highest BCUT2D eigenvalue weighted by molar-refractivity contribution is 6.46. The van der Waals surface area contributed by atoms with Gasteiger partial charge in [-0.05, 0) is 51.6 Å². The lowest BCUT2D eigenvalue weighted by atomic mass is 10.1. The number of rotatable bonds is 10. The number of hydrogen-bond donors (Lipinski definition) is 3. The summed E-state index contributed by atoms with van der Waals surface area (Å²) >= 11 is 0. The van der Waals surface area contributed by atoms with Crippen LogP contribution in [-0.2, 0) is 14.3 Å². The lowest BCUT2D eigenvalue weighted by Gasteiger charge is -2.17. The normalized spacial score (nSPS) is 16.6. The van der Waals surface area contributed by atoms with Gasteiger partial charge in [-0.2, -0.15) is 5.10 Å². The predicted molar refractivity (Wildman–Crippen MR) is 118 cm³/mol. The van der Waals surface area contributed by atoms with Gasteiger partial charge in [-0.15, -0.1) is 0 Å². The summed E-state index contributed by atoms with van der Waals surface area (Å²) in [6.07, 6.45) is 7.46. The second kappa shape index (κ2) is 12.6. The van der Waals surface area contributed by atoms with Crippen LogP contribution in [0.4, 0.5) is 8.78 Å². The molecular weight excluding hydrogens is 420 g/mol. The largest absolute Gasteiger partial charge is 0.499 e. The molecule has 0 spiro atoms. The first-order valence-electron chi connectivity index (χ1n) is 10.4. The molecule has 3 N–H and O–H groups in total. The predicted octanol–water partition coefficient (Wildman–Crippen LogP) is 2.32. The Morgan fingerprint density at radius 2 is 2.09 bits per heavy atom. The van der Waals surface area contributed by atoms with E-state index >= 15 is 0 Å². The third-order valence-electron chi connectivity index (χ3n) is 4.62. The number of nitrogens with one attached hydrogen (secondary N) is 3. The van der Waals surface area contributed by atoms with Crippen molar-refractivity contribution in [3.8, 4) is 0 Å². The maximum atomic E-state index is 14.1. The van der Waals surface area contributed by atoms with Crippen LogP contribution in [0.15, 0.2) is 64.3 Å². The topological polar surface area (TPSA) is 95.1 Å². The Kier molecular flexibility index (Phi) is 9.80. The molecule has 32 heavy (non-hydrogen) atoms. The number of nitrogens with zero attached hydrogens (tertiary/aromatic N) is 2. The fraction of sp³-hybridized carbons (Fsp3) is 0.409. The van der Waals surface area contributed by atoms with Crippen LogP contribution in [0.2, 0.25) is 0 Å². The van der Waals surface area contributed by atoms with Gasteiger partial charge in [0.25, 0.3) is 11.8 Å². The molecule has 0 fully saturated rings. The van der Waals surface area contributed by atoms with Gasteiger partial charge in [0, 0.05) is 12.2 Å². The molecule has 0 saturated carbocycles. The Morgan fingerprint density at radius 1 is 1.31 bits per heavy atom. The van der Waals surface area contributed by atoms with E-state index in [1.54, 1.807) is 6.92 Å². The zero-order valence-corrected chi connectivity index (χ0v) is 18.5. The summed E-state index contributed by atoms with van der Waals surface area (Å²) in [5.41, 5.74) is 2.27. The van der Waals surface area contributed by atoms with Crippen molar-refractivity contribution in [1.82, 2.24) is 21.0 Å². The number of carbonyl (C=O) groups excluding carboxylic acids is 2. The van der Waals surface area contributed by atoms with E-state index in [0.29, 0.717) is 12.3 Å². The summed E-state index contributed by atoms with van der Waals surface area (Å²) < 4.78 is 33.7. The summed E-state index contributed by atoms with van der Waals surface area (Å²) in [5, 5.41) is 8.91. The molecule has 10 heteroatoms. The van der Waals surface area contributed by atoms with Crippen molar-refractivity contribution in [2.75, 3.05) is 33.3 Å². The number of hydrogen-bond acceptors (Lipinski definition) is 6. The van der Waals surface area contributed by atoms with Gasteiger partial charge in [0.1, 0.15) is 23.5 Å². The van der Waals surface area contributed by atoms with Crippen molar-refractivity contribution in [1.29, 1.82) is 0 Å². The minimum atomic E-state index is -1.01. The number of allylic oxidation sites excluding steroid dienone is 5. The fourth-order valence-electron chi connectivity index (χ4n) is 2.78. The van der Waals surface area contributed by atoms with Crippen LogP contribution in [0.5, 0.6) is 0 Å². The molecule has 0 atom stereocenters. The third-order valence-corrected chi connectivity index (χ3v) is 4.62. The number of carbonyl (C=O) groups is 2. The first-order valence-corrected chi connectivity index (χ1v) is 10.4. The van der Waals surface area contributed by atoms with Crippen LogP contribution in [0.3, 0.4) is 0 Å². The summed E-state index contributed by atoms with van der Waals surface area (Å²) in [6, 6.07) is 0. The zero-order valence-electron chi connectivity index (χ0n) is 18.5. The molecule has 0 bridgehead atoms. The molecule has 2 aliphatic rings. The van der Waals surface area contributed by atoms with Gasteiger partial charge in [-0.25, -0.2) is 8.78 Å². The van der Waals surface area contributed by atoms with E-state index in [4.69, 9.17) is 4.74 Å². The minimum Gasteiger partial charge on any atom is -0.499 e. The molecule has 0 radical (unpaired) electrons. The van der Waals surface area contributed by atoms with Gasteiger partial charge < -0.3 is 25.7 Å². The molecule has 1 aliphatic heterocycles. The molecule has 2 rings (SSSR count). The van der Waals surface area contributed by atoms with Gasteiger partial charge >= 0.3 is 0 Å². The smallest absolute Gasteiger partial charge is 0.278 e. The van der Waals surface area contributed by atoms with Crippen molar-refractivity contribution in [2.24, 2.45) is 5.10 Å². The van der Waals surface area contributed by atoms with Gasteiger partial charge in [0.2, 0.25) is 0 Å². The molecule has 0 aromatic carbocycles. The van der Waals surface area contributed by atoms with E-state index in [2.05, 4.69) is 33.0 Å². The highest BCUT2D eigenvalue weighted by Gasteiger charge is 2.26. The Morgan fingerprint density at radius 3 is 2.84 bits per heavy atom. The first kappa shape index (κ1) is 25.0. The Labute approximate surface area is 186 Å². The third kappa shape index (κ3) is 7.45.